The van der Waals surface area contributed by atoms with Crippen molar-refractivity contribution in [3.63, 3.8) is 0 Å². The van der Waals surface area contributed by atoms with Crippen molar-refractivity contribution in [3.05, 3.63) is 28.8 Å². The largest absolute Gasteiger partial charge is 0.398 e. The first-order valence-electron chi connectivity index (χ1n) is 6.36. The molecule has 1 aromatic rings. The van der Waals surface area contributed by atoms with Crippen LogP contribution >= 0.6 is 11.6 Å². The van der Waals surface area contributed by atoms with E-state index >= 15 is 0 Å². The summed E-state index contributed by atoms with van der Waals surface area (Å²) in [4.78, 5) is 4.61. The molecule has 0 heterocycles. The fraction of sp³-hybridized carbons (Fsp3) is 0.571. The number of rotatable bonds is 6. The Morgan fingerprint density at radius 2 is 2.00 bits per heavy atom. The van der Waals surface area contributed by atoms with Crippen LogP contribution in [0.1, 0.15) is 19.4 Å². The molecule has 1 rings (SSSR count). The lowest BCUT2D eigenvalue weighted by Gasteiger charge is -2.30. The van der Waals surface area contributed by atoms with Crippen molar-refractivity contribution in [1.29, 1.82) is 0 Å². The third kappa shape index (κ3) is 4.48. The maximum Gasteiger partial charge on any atom is 0.0410 e. The number of nitrogens with two attached hydrogens (primary N) is 1. The van der Waals surface area contributed by atoms with E-state index in [0.717, 1.165) is 35.9 Å². The Labute approximate surface area is 116 Å². The van der Waals surface area contributed by atoms with E-state index < -0.39 is 0 Å². The van der Waals surface area contributed by atoms with Gasteiger partial charge in [-0.25, -0.2) is 0 Å². The first kappa shape index (κ1) is 15.3. The number of nitrogen functional groups attached to an aromatic ring is 1. The number of likely N-dealkylation sites (N-methyl/N-ethyl adjacent to an activating group) is 2. The van der Waals surface area contributed by atoms with Crippen LogP contribution in [0.15, 0.2) is 18.2 Å². The zero-order valence-corrected chi connectivity index (χ0v) is 12.5. The molecule has 18 heavy (non-hydrogen) atoms. The second kappa shape index (κ2) is 6.98. The van der Waals surface area contributed by atoms with Gasteiger partial charge in [0.05, 0.1) is 0 Å². The lowest BCUT2D eigenvalue weighted by Crippen LogP contribution is -2.39. The van der Waals surface area contributed by atoms with Gasteiger partial charge < -0.3 is 10.6 Å². The van der Waals surface area contributed by atoms with Crippen LogP contribution in [0.2, 0.25) is 5.02 Å². The van der Waals surface area contributed by atoms with Crippen LogP contribution in [0.25, 0.3) is 0 Å². The maximum absolute atomic E-state index is 6.03. The highest BCUT2D eigenvalue weighted by atomic mass is 35.5. The standard InChI is InChI=1S/C14H24ClN3/c1-5-18(11(2)9-17(3)4)10-12-8-13(15)6-7-14(12)16/h6-8,11H,5,9-10,16H2,1-4H3. The first-order valence-corrected chi connectivity index (χ1v) is 6.74. The van der Waals surface area contributed by atoms with Crippen LogP contribution < -0.4 is 5.73 Å². The SMILES string of the molecule is CCN(Cc1cc(Cl)ccc1N)C(C)CN(C)C. The second-order valence-electron chi connectivity index (χ2n) is 5.02. The minimum absolute atomic E-state index is 0.489. The van der Waals surface area contributed by atoms with Crippen molar-refractivity contribution < 1.29 is 0 Å². The summed E-state index contributed by atoms with van der Waals surface area (Å²) in [5.41, 5.74) is 7.92. The summed E-state index contributed by atoms with van der Waals surface area (Å²) in [7, 11) is 4.19. The lowest BCUT2D eigenvalue weighted by atomic mass is 10.1. The van der Waals surface area contributed by atoms with E-state index in [0.29, 0.717) is 6.04 Å². The first-order chi connectivity index (χ1) is 8.43. The molecular weight excluding hydrogens is 246 g/mol. The van der Waals surface area contributed by atoms with Gasteiger partial charge in [-0.3, -0.25) is 4.90 Å². The number of halogens is 1. The Hall–Kier alpha value is -0.770. The smallest absolute Gasteiger partial charge is 0.0410 e. The molecule has 0 aliphatic carbocycles. The Morgan fingerprint density at radius 1 is 1.33 bits per heavy atom. The summed E-state index contributed by atoms with van der Waals surface area (Å²) in [5.74, 6) is 0. The monoisotopic (exact) mass is 269 g/mol. The van der Waals surface area contributed by atoms with Crippen LogP contribution in [0.3, 0.4) is 0 Å². The van der Waals surface area contributed by atoms with Crippen molar-refractivity contribution in [2.24, 2.45) is 0 Å². The number of anilines is 1. The van der Waals surface area contributed by atoms with Gasteiger partial charge in [-0.05, 0) is 51.3 Å². The number of nitrogens with zero attached hydrogens (tertiary/aromatic N) is 2. The van der Waals surface area contributed by atoms with Crippen molar-refractivity contribution in [1.82, 2.24) is 9.80 Å². The highest BCUT2D eigenvalue weighted by Gasteiger charge is 2.14. The average Bonchev–Trinajstić information content (AvgIpc) is 2.29. The van der Waals surface area contributed by atoms with Gasteiger partial charge in [0, 0.05) is 29.8 Å². The summed E-state index contributed by atoms with van der Waals surface area (Å²) < 4.78 is 0. The summed E-state index contributed by atoms with van der Waals surface area (Å²) in [5, 5.41) is 0.746. The second-order valence-corrected chi connectivity index (χ2v) is 5.45. The van der Waals surface area contributed by atoms with Gasteiger partial charge in [0.1, 0.15) is 0 Å². The minimum atomic E-state index is 0.489. The van der Waals surface area contributed by atoms with E-state index in [1.165, 1.54) is 0 Å². The van der Waals surface area contributed by atoms with E-state index in [-0.39, 0.29) is 0 Å². The zero-order chi connectivity index (χ0) is 13.7. The Morgan fingerprint density at radius 3 is 2.56 bits per heavy atom. The molecule has 0 saturated carbocycles. The van der Waals surface area contributed by atoms with Gasteiger partial charge in [-0.1, -0.05) is 18.5 Å². The fourth-order valence-corrected chi connectivity index (χ4v) is 2.35. The lowest BCUT2D eigenvalue weighted by molar-refractivity contribution is 0.174. The normalized spacial score (nSPS) is 13.3. The van der Waals surface area contributed by atoms with Gasteiger partial charge in [0.2, 0.25) is 0 Å². The van der Waals surface area contributed by atoms with Gasteiger partial charge in [0.25, 0.3) is 0 Å². The maximum atomic E-state index is 6.03. The molecular formula is C14H24ClN3. The van der Waals surface area contributed by atoms with Crippen molar-refractivity contribution in [2.45, 2.75) is 26.4 Å². The molecule has 0 fully saturated rings. The summed E-state index contributed by atoms with van der Waals surface area (Å²) in [6.45, 7) is 7.30. The number of hydrogen-bond acceptors (Lipinski definition) is 3. The molecule has 0 amide bonds. The quantitative estimate of drug-likeness (QED) is 0.806. The van der Waals surface area contributed by atoms with E-state index in [9.17, 15) is 0 Å². The van der Waals surface area contributed by atoms with E-state index in [4.69, 9.17) is 17.3 Å². The summed E-state index contributed by atoms with van der Waals surface area (Å²) in [6, 6.07) is 6.16. The van der Waals surface area contributed by atoms with Gasteiger partial charge in [-0.2, -0.15) is 0 Å². The molecule has 0 aromatic heterocycles. The van der Waals surface area contributed by atoms with Crippen molar-refractivity contribution >= 4 is 17.3 Å². The Bertz CT molecular complexity index is 379. The van der Waals surface area contributed by atoms with Crippen LogP contribution in [0.5, 0.6) is 0 Å². The Kier molecular flexibility index (Phi) is 5.93. The Balaban J connectivity index is 2.76. The predicted octanol–water partition coefficient (Wildman–Crippen LogP) is 2.69. The van der Waals surface area contributed by atoms with Gasteiger partial charge in [-0.15, -0.1) is 0 Å². The van der Waals surface area contributed by atoms with E-state index in [2.05, 4.69) is 37.7 Å². The summed E-state index contributed by atoms with van der Waals surface area (Å²) >= 11 is 6.03. The molecule has 102 valence electrons. The van der Waals surface area contributed by atoms with Gasteiger partial charge >= 0.3 is 0 Å². The molecule has 0 saturated heterocycles. The molecule has 0 radical (unpaired) electrons. The highest BCUT2D eigenvalue weighted by Crippen LogP contribution is 2.20. The molecule has 0 spiro atoms. The summed E-state index contributed by atoms with van der Waals surface area (Å²) in [6.07, 6.45) is 0. The molecule has 1 atom stereocenters. The third-order valence-electron chi connectivity index (χ3n) is 3.14. The molecule has 1 unspecified atom stereocenters. The van der Waals surface area contributed by atoms with E-state index in [1.54, 1.807) is 0 Å². The molecule has 2 N–H and O–H groups in total. The third-order valence-corrected chi connectivity index (χ3v) is 3.37. The number of hydrogen-bond donors (Lipinski definition) is 1. The number of benzene rings is 1. The highest BCUT2D eigenvalue weighted by molar-refractivity contribution is 6.30. The fourth-order valence-electron chi connectivity index (χ4n) is 2.15. The van der Waals surface area contributed by atoms with Crippen LogP contribution in [0.4, 0.5) is 5.69 Å². The van der Waals surface area contributed by atoms with Crippen LogP contribution in [0, 0.1) is 0 Å². The van der Waals surface area contributed by atoms with Crippen LogP contribution in [-0.2, 0) is 6.54 Å². The molecule has 4 heteroatoms. The molecule has 0 aliphatic heterocycles. The van der Waals surface area contributed by atoms with E-state index in [1.807, 2.05) is 18.2 Å². The molecule has 0 bridgehead atoms. The molecule has 1 aromatic carbocycles. The zero-order valence-electron chi connectivity index (χ0n) is 11.8. The van der Waals surface area contributed by atoms with Crippen molar-refractivity contribution in [2.75, 3.05) is 32.9 Å². The van der Waals surface area contributed by atoms with Crippen LogP contribution in [-0.4, -0.2) is 43.0 Å². The minimum Gasteiger partial charge on any atom is -0.398 e. The predicted molar refractivity (Wildman–Crippen MR) is 80.0 cm³/mol. The molecule has 0 aliphatic rings. The topological polar surface area (TPSA) is 32.5 Å². The van der Waals surface area contributed by atoms with Gasteiger partial charge in [0.15, 0.2) is 0 Å². The average molecular weight is 270 g/mol. The van der Waals surface area contributed by atoms with Crippen molar-refractivity contribution in [3.8, 4) is 0 Å². The molecule has 3 nitrogen and oxygen atoms in total.